The maximum atomic E-state index is 11.9. The van der Waals surface area contributed by atoms with Gasteiger partial charge in [-0.1, -0.05) is 32.1 Å². The van der Waals surface area contributed by atoms with Gasteiger partial charge in [0.25, 0.3) is 0 Å². The second-order valence-corrected chi connectivity index (χ2v) is 5.32. The Morgan fingerprint density at radius 1 is 1.29 bits per heavy atom. The van der Waals surface area contributed by atoms with Crippen LogP contribution in [0.2, 0.25) is 0 Å². The predicted molar refractivity (Wildman–Crippen MR) is 72.0 cm³/mol. The normalized spacial score (nSPS) is 17.1. The Balaban J connectivity index is 2.10. The number of amides is 1. The van der Waals surface area contributed by atoms with Gasteiger partial charge in [-0.3, -0.25) is 4.79 Å². The van der Waals surface area contributed by atoms with Crippen molar-refractivity contribution in [2.24, 2.45) is 5.92 Å². The molecule has 17 heavy (non-hydrogen) atoms. The van der Waals surface area contributed by atoms with Crippen molar-refractivity contribution in [2.75, 3.05) is 27.2 Å². The van der Waals surface area contributed by atoms with Gasteiger partial charge in [0.15, 0.2) is 0 Å². The van der Waals surface area contributed by atoms with Gasteiger partial charge in [-0.25, -0.2) is 0 Å². The molecular weight excluding hydrogens is 212 g/mol. The Morgan fingerprint density at radius 2 is 2.00 bits per heavy atom. The van der Waals surface area contributed by atoms with Crippen LogP contribution in [0, 0.1) is 5.92 Å². The molecule has 0 aromatic heterocycles. The zero-order valence-corrected chi connectivity index (χ0v) is 11.5. The third-order valence-electron chi connectivity index (χ3n) is 3.84. The molecule has 0 aromatic carbocycles. The second kappa shape index (κ2) is 8.51. The molecule has 0 atom stereocenters. The quantitative estimate of drug-likeness (QED) is 0.693. The molecule has 3 nitrogen and oxygen atoms in total. The summed E-state index contributed by atoms with van der Waals surface area (Å²) in [7, 11) is 3.88. The van der Waals surface area contributed by atoms with Crippen LogP contribution < -0.4 is 5.32 Å². The van der Waals surface area contributed by atoms with Crippen LogP contribution in [-0.4, -0.2) is 38.0 Å². The predicted octanol–water partition coefficient (Wildman–Crippen LogP) is 2.41. The van der Waals surface area contributed by atoms with E-state index >= 15 is 0 Å². The van der Waals surface area contributed by atoms with Crippen LogP contribution in [0.5, 0.6) is 0 Å². The summed E-state index contributed by atoms with van der Waals surface area (Å²) in [5.74, 6) is 1.14. The van der Waals surface area contributed by atoms with E-state index in [0.717, 1.165) is 38.3 Å². The molecule has 0 bridgehead atoms. The Labute approximate surface area is 106 Å². The van der Waals surface area contributed by atoms with Crippen LogP contribution >= 0.6 is 0 Å². The Kier molecular flexibility index (Phi) is 7.25. The lowest BCUT2D eigenvalue weighted by molar-refractivity contribution is -0.130. The van der Waals surface area contributed by atoms with Crippen LogP contribution in [0.15, 0.2) is 0 Å². The van der Waals surface area contributed by atoms with Crippen molar-refractivity contribution in [1.82, 2.24) is 10.2 Å². The van der Waals surface area contributed by atoms with E-state index in [-0.39, 0.29) is 0 Å². The molecule has 1 N–H and O–H groups in total. The Hall–Kier alpha value is -0.570. The number of nitrogens with zero attached hydrogens (tertiary/aromatic N) is 1. The average Bonchev–Trinajstić information content (AvgIpc) is 2.37. The Bertz CT molecular complexity index is 212. The average molecular weight is 240 g/mol. The van der Waals surface area contributed by atoms with E-state index in [1.807, 2.05) is 19.0 Å². The molecule has 0 saturated heterocycles. The number of carbonyl (C=O) groups is 1. The van der Waals surface area contributed by atoms with Gasteiger partial charge in [0, 0.05) is 20.0 Å². The van der Waals surface area contributed by atoms with Crippen molar-refractivity contribution in [2.45, 2.75) is 51.4 Å². The fourth-order valence-corrected chi connectivity index (χ4v) is 2.61. The molecule has 0 radical (unpaired) electrons. The first-order chi connectivity index (χ1) is 8.24. The zero-order chi connectivity index (χ0) is 12.5. The van der Waals surface area contributed by atoms with Crippen molar-refractivity contribution in [1.29, 1.82) is 0 Å². The first-order valence-electron chi connectivity index (χ1n) is 7.12. The van der Waals surface area contributed by atoms with Crippen molar-refractivity contribution < 1.29 is 4.79 Å². The van der Waals surface area contributed by atoms with Gasteiger partial charge >= 0.3 is 0 Å². The number of hydrogen-bond acceptors (Lipinski definition) is 2. The van der Waals surface area contributed by atoms with E-state index < -0.39 is 0 Å². The van der Waals surface area contributed by atoms with Gasteiger partial charge in [-0.15, -0.1) is 0 Å². The molecule has 3 heteroatoms. The third kappa shape index (κ3) is 6.06. The van der Waals surface area contributed by atoms with Gasteiger partial charge in [0.2, 0.25) is 5.91 Å². The number of nitrogens with one attached hydrogen (secondary N) is 1. The van der Waals surface area contributed by atoms with E-state index in [4.69, 9.17) is 0 Å². The smallest absolute Gasteiger partial charge is 0.222 e. The highest BCUT2D eigenvalue weighted by molar-refractivity contribution is 5.75. The van der Waals surface area contributed by atoms with E-state index in [9.17, 15) is 4.79 Å². The maximum absolute atomic E-state index is 11.9. The van der Waals surface area contributed by atoms with Gasteiger partial charge in [0.05, 0.1) is 0 Å². The summed E-state index contributed by atoms with van der Waals surface area (Å²) in [6.45, 7) is 1.87. The van der Waals surface area contributed by atoms with E-state index in [1.165, 1.54) is 32.1 Å². The number of hydrogen-bond donors (Lipinski definition) is 1. The molecule has 0 heterocycles. The molecule has 0 unspecified atom stereocenters. The fraction of sp³-hybridized carbons (Fsp3) is 0.929. The molecule has 1 aliphatic carbocycles. The van der Waals surface area contributed by atoms with Crippen LogP contribution in [0.25, 0.3) is 0 Å². The number of carbonyl (C=O) groups excluding carboxylic acids is 1. The van der Waals surface area contributed by atoms with Crippen LogP contribution in [-0.2, 0) is 4.79 Å². The van der Waals surface area contributed by atoms with Gasteiger partial charge in [-0.05, 0) is 32.4 Å². The summed E-state index contributed by atoms with van der Waals surface area (Å²) in [6.07, 6.45) is 9.73. The SMILES string of the molecule is CNCCCN(C)C(=O)CCC1CCCCC1. The highest BCUT2D eigenvalue weighted by Crippen LogP contribution is 2.27. The maximum Gasteiger partial charge on any atom is 0.222 e. The minimum absolute atomic E-state index is 0.326. The van der Waals surface area contributed by atoms with Gasteiger partial charge < -0.3 is 10.2 Å². The summed E-state index contributed by atoms with van der Waals surface area (Å²) in [4.78, 5) is 13.8. The molecule has 1 amide bonds. The molecule has 1 rings (SSSR count). The lowest BCUT2D eigenvalue weighted by atomic mass is 9.86. The van der Waals surface area contributed by atoms with Crippen molar-refractivity contribution in [3.8, 4) is 0 Å². The second-order valence-electron chi connectivity index (χ2n) is 5.32. The van der Waals surface area contributed by atoms with Crippen LogP contribution in [0.4, 0.5) is 0 Å². The monoisotopic (exact) mass is 240 g/mol. The third-order valence-corrected chi connectivity index (χ3v) is 3.84. The zero-order valence-electron chi connectivity index (χ0n) is 11.5. The van der Waals surface area contributed by atoms with Crippen LogP contribution in [0.3, 0.4) is 0 Å². The lowest BCUT2D eigenvalue weighted by Gasteiger charge is -2.23. The minimum atomic E-state index is 0.326. The molecule has 1 fully saturated rings. The molecule has 0 aromatic rings. The Morgan fingerprint density at radius 3 is 2.65 bits per heavy atom. The fourth-order valence-electron chi connectivity index (χ4n) is 2.61. The van der Waals surface area contributed by atoms with Crippen molar-refractivity contribution in [3.63, 3.8) is 0 Å². The molecule has 0 spiro atoms. The summed E-state index contributed by atoms with van der Waals surface area (Å²) in [5, 5.41) is 3.11. The highest BCUT2D eigenvalue weighted by atomic mass is 16.2. The topological polar surface area (TPSA) is 32.3 Å². The molecular formula is C14H28N2O. The first-order valence-corrected chi connectivity index (χ1v) is 7.12. The summed E-state index contributed by atoms with van der Waals surface area (Å²) in [6, 6.07) is 0. The number of rotatable bonds is 7. The molecule has 0 aliphatic heterocycles. The standard InChI is InChI=1S/C14H28N2O/c1-15-11-6-12-16(2)14(17)10-9-13-7-4-3-5-8-13/h13,15H,3-12H2,1-2H3. The van der Waals surface area contributed by atoms with Crippen molar-refractivity contribution >= 4 is 5.91 Å². The summed E-state index contributed by atoms with van der Waals surface area (Å²) < 4.78 is 0. The molecule has 1 saturated carbocycles. The van der Waals surface area contributed by atoms with Gasteiger partial charge in [0.1, 0.15) is 0 Å². The summed E-state index contributed by atoms with van der Waals surface area (Å²) >= 11 is 0. The minimum Gasteiger partial charge on any atom is -0.346 e. The largest absolute Gasteiger partial charge is 0.346 e. The van der Waals surface area contributed by atoms with Crippen molar-refractivity contribution in [3.05, 3.63) is 0 Å². The van der Waals surface area contributed by atoms with E-state index in [0.29, 0.717) is 5.91 Å². The highest BCUT2D eigenvalue weighted by Gasteiger charge is 2.16. The van der Waals surface area contributed by atoms with E-state index in [1.54, 1.807) is 0 Å². The van der Waals surface area contributed by atoms with Crippen LogP contribution in [0.1, 0.15) is 51.4 Å². The molecule has 100 valence electrons. The first kappa shape index (κ1) is 14.5. The van der Waals surface area contributed by atoms with E-state index in [2.05, 4.69) is 5.32 Å². The lowest BCUT2D eigenvalue weighted by Crippen LogP contribution is -2.29. The summed E-state index contributed by atoms with van der Waals surface area (Å²) in [5.41, 5.74) is 0. The molecule has 1 aliphatic rings. The van der Waals surface area contributed by atoms with Gasteiger partial charge in [-0.2, -0.15) is 0 Å².